The van der Waals surface area contributed by atoms with Crippen LogP contribution in [0.4, 0.5) is 4.79 Å². The van der Waals surface area contributed by atoms with Crippen molar-refractivity contribution in [3.63, 3.8) is 0 Å². The predicted octanol–water partition coefficient (Wildman–Crippen LogP) is 1.53. The van der Waals surface area contributed by atoms with Crippen LogP contribution in [0.1, 0.15) is 5.56 Å². The van der Waals surface area contributed by atoms with Gasteiger partial charge in [0.2, 0.25) is 0 Å². The van der Waals surface area contributed by atoms with Crippen molar-refractivity contribution in [3.8, 4) is 0 Å². The van der Waals surface area contributed by atoms with E-state index >= 15 is 0 Å². The molecule has 0 bridgehead atoms. The number of aliphatic carboxylic acids is 1. The van der Waals surface area contributed by atoms with Crippen LogP contribution in [-0.4, -0.2) is 35.1 Å². The first-order valence-electron chi connectivity index (χ1n) is 5.00. The predicted molar refractivity (Wildman–Crippen MR) is 66.0 cm³/mol. The fourth-order valence-corrected chi connectivity index (χ4v) is 1.89. The first kappa shape index (κ1) is 13.2. The number of carbonyl (C=O) groups is 2. The van der Waals surface area contributed by atoms with Crippen LogP contribution >= 0.6 is 11.3 Å². The van der Waals surface area contributed by atoms with Gasteiger partial charge in [0.25, 0.3) is 0 Å². The van der Waals surface area contributed by atoms with Crippen molar-refractivity contribution in [1.29, 1.82) is 0 Å². The zero-order valence-corrected chi connectivity index (χ0v) is 10.1. The number of hydrogen-bond donors (Lipinski definition) is 2. The number of carboxylic acid groups (broad SMARTS) is 1. The molecule has 0 spiro atoms. The van der Waals surface area contributed by atoms with Crippen LogP contribution in [0.3, 0.4) is 0 Å². The highest BCUT2D eigenvalue weighted by atomic mass is 32.1. The van der Waals surface area contributed by atoms with E-state index in [0.29, 0.717) is 6.54 Å². The van der Waals surface area contributed by atoms with E-state index in [1.165, 1.54) is 11.0 Å². The maximum absolute atomic E-state index is 11.7. The summed E-state index contributed by atoms with van der Waals surface area (Å²) in [5.74, 6) is -1.04. The minimum absolute atomic E-state index is 0.210. The first-order valence-corrected chi connectivity index (χ1v) is 5.94. The highest BCUT2D eigenvalue weighted by Crippen LogP contribution is 2.05. The Labute approximate surface area is 103 Å². The third-order valence-corrected chi connectivity index (χ3v) is 2.72. The second-order valence-corrected chi connectivity index (χ2v) is 4.13. The number of amides is 2. The Morgan fingerprint density at radius 2 is 2.35 bits per heavy atom. The molecule has 0 aliphatic heterocycles. The molecule has 2 amide bonds. The smallest absolute Gasteiger partial charge is 0.323 e. The van der Waals surface area contributed by atoms with Crippen LogP contribution < -0.4 is 5.32 Å². The lowest BCUT2D eigenvalue weighted by molar-refractivity contribution is -0.137. The molecule has 0 aromatic carbocycles. The highest BCUT2D eigenvalue weighted by Gasteiger charge is 2.14. The van der Waals surface area contributed by atoms with Gasteiger partial charge in [-0.15, -0.1) is 6.58 Å². The summed E-state index contributed by atoms with van der Waals surface area (Å²) in [4.78, 5) is 23.4. The molecule has 0 saturated carbocycles. The summed E-state index contributed by atoms with van der Waals surface area (Å²) < 4.78 is 0. The van der Waals surface area contributed by atoms with E-state index in [-0.39, 0.29) is 13.1 Å². The second-order valence-electron chi connectivity index (χ2n) is 3.35. The van der Waals surface area contributed by atoms with Gasteiger partial charge in [0.1, 0.15) is 6.54 Å². The molecule has 0 atom stereocenters. The van der Waals surface area contributed by atoms with Gasteiger partial charge in [-0.05, 0) is 22.4 Å². The minimum Gasteiger partial charge on any atom is -0.480 e. The number of hydrogen-bond acceptors (Lipinski definition) is 3. The third kappa shape index (κ3) is 4.69. The molecule has 0 unspecified atom stereocenters. The summed E-state index contributed by atoms with van der Waals surface area (Å²) in [7, 11) is 0. The molecule has 6 heteroatoms. The summed E-state index contributed by atoms with van der Waals surface area (Å²) in [6.07, 6.45) is 1.49. The Hall–Kier alpha value is -1.82. The van der Waals surface area contributed by atoms with Crippen molar-refractivity contribution in [2.45, 2.75) is 6.54 Å². The average molecular weight is 254 g/mol. The SMILES string of the molecule is C=CCN(CC(=O)O)C(=O)NCc1ccsc1. The van der Waals surface area contributed by atoms with Gasteiger partial charge in [-0.3, -0.25) is 4.79 Å². The average Bonchev–Trinajstić information content (AvgIpc) is 2.77. The Bertz CT molecular complexity index is 389. The van der Waals surface area contributed by atoms with E-state index in [1.807, 2.05) is 16.8 Å². The number of nitrogens with one attached hydrogen (secondary N) is 1. The topological polar surface area (TPSA) is 69.6 Å². The first-order chi connectivity index (χ1) is 8.13. The van der Waals surface area contributed by atoms with Crippen LogP contribution in [0.5, 0.6) is 0 Å². The van der Waals surface area contributed by atoms with Crippen molar-refractivity contribution in [2.24, 2.45) is 0 Å². The van der Waals surface area contributed by atoms with Crippen LogP contribution in [-0.2, 0) is 11.3 Å². The number of nitrogens with zero attached hydrogens (tertiary/aromatic N) is 1. The van der Waals surface area contributed by atoms with E-state index < -0.39 is 12.0 Å². The van der Waals surface area contributed by atoms with E-state index in [1.54, 1.807) is 11.3 Å². The van der Waals surface area contributed by atoms with Gasteiger partial charge >= 0.3 is 12.0 Å². The van der Waals surface area contributed by atoms with Gasteiger partial charge in [-0.1, -0.05) is 6.08 Å². The van der Waals surface area contributed by atoms with Crippen molar-refractivity contribution in [3.05, 3.63) is 35.0 Å². The molecule has 5 nitrogen and oxygen atoms in total. The lowest BCUT2D eigenvalue weighted by Gasteiger charge is -2.19. The lowest BCUT2D eigenvalue weighted by atomic mass is 10.3. The Morgan fingerprint density at radius 3 is 2.88 bits per heavy atom. The molecule has 17 heavy (non-hydrogen) atoms. The van der Waals surface area contributed by atoms with E-state index in [4.69, 9.17) is 5.11 Å². The monoisotopic (exact) mass is 254 g/mol. The summed E-state index contributed by atoms with van der Waals surface area (Å²) in [5, 5.41) is 15.2. The Balaban J connectivity index is 2.46. The van der Waals surface area contributed by atoms with Crippen molar-refractivity contribution in [1.82, 2.24) is 10.2 Å². The molecule has 0 fully saturated rings. The zero-order valence-electron chi connectivity index (χ0n) is 9.26. The minimum atomic E-state index is -1.04. The molecule has 0 saturated heterocycles. The standard InChI is InChI=1S/C11H14N2O3S/c1-2-4-13(7-10(14)15)11(16)12-6-9-3-5-17-8-9/h2-3,5,8H,1,4,6-7H2,(H,12,16)(H,14,15). The molecule has 1 aromatic heterocycles. The van der Waals surface area contributed by atoms with Crippen LogP contribution in [0.15, 0.2) is 29.5 Å². The van der Waals surface area contributed by atoms with Crippen molar-refractivity contribution in [2.75, 3.05) is 13.1 Å². The summed E-state index contributed by atoms with van der Waals surface area (Å²) >= 11 is 1.55. The molecule has 92 valence electrons. The van der Waals surface area contributed by atoms with E-state index in [0.717, 1.165) is 5.56 Å². The van der Waals surface area contributed by atoms with E-state index in [2.05, 4.69) is 11.9 Å². The van der Waals surface area contributed by atoms with E-state index in [9.17, 15) is 9.59 Å². The fourth-order valence-electron chi connectivity index (χ4n) is 1.22. The molecule has 0 aliphatic rings. The van der Waals surface area contributed by atoms with Gasteiger partial charge in [0.05, 0.1) is 0 Å². The summed E-state index contributed by atoms with van der Waals surface area (Å²) in [5.41, 5.74) is 0.997. The molecular weight excluding hydrogens is 240 g/mol. The van der Waals surface area contributed by atoms with Crippen LogP contribution in [0.25, 0.3) is 0 Å². The zero-order chi connectivity index (χ0) is 12.7. The lowest BCUT2D eigenvalue weighted by Crippen LogP contribution is -2.42. The van der Waals surface area contributed by atoms with Gasteiger partial charge in [-0.25, -0.2) is 4.79 Å². The molecule has 1 rings (SSSR count). The fraction of sp³-hybridized carbons (Fsp3) is 0.273. The quantitative estimate of drug-likeness (QED) is 0.756. The third-order valence-electron chi connectivity index (χ3n) is 1.99. The molecule has 1 aromatic rings. The molecule has 0 radical (unpaired) electrons. The number of urea groups is 1. The summed E-state index contributed by atoms with van der Waals surface area (Å²) in [6, 6.07) is 1.50. The molecular formula is C11H14N2O3S. The highest BCUT2D eigenvalue weighted by molar-refractivity contribution is 7.07. The maximum atomic E-state index is 11.7. The van der Waals surface area contributed by atoms with Crippen LogP contribution in [0, 0.1) is 0 Å². The number of carboxylic acids is 1. The number of carbonyl (C=O) groups excluding carboxylic acids is 1. The number of thiophene rings is 1. The Morgan fingerprint density at radius 1 is 1.59 bits per heavy atom. The van der Waals surface area contributed by atoms with Crippen molar-refractivity contribution >= 4 is 23.3 Å². The summed E-state index contributed by atoms with van der Waals surface area (Å²) in [6.45, 7) is 3.76. The van der Waals surface area contributed by atoms with Gasteiger partial charge in [0, 0.05) is 13.1 Å². The van der Waals surface area contributed by atoms with Crippen LogP contribution in [0.2, 0.25) is 0 Å². The van der Waals surface area contributed by atoms with Gasteiger partial charge in [-0.2, -0.15) is 11.3 Å². The van der Waals surface area contributed by atoms with Gasteiger partial charge < -0.3 is 15.3 Å². The number of rotatable bonds is 6. The molecule has 0 aliphatic carbocycles. The maximum Gasteiger partial charge on any atom is 0.323 e. The largest absolute Gasteiger partial charge is 0.480 e. The normalized spacial score (nSPS) is 9.65. The second kappa shape index (κ2) is 6.70. The Kier molecular flexibility index (Phi) is 5.22. The molecule has 1 heterocycles. The van der Waals surface area contributed by atoms with Crippen molar-refractivity contribution < 1.29 is 14.7 Å². The van der Waals surface area contributed by atoms with Gasteiger partial charge in [0.15, 0.2) is 0 Å². The molecule has 2 N–H and O–H groups in total.